The topological polar surface area (TPSA) is 15.6 Å². The van der Waals surface area contributed by atoms with Gasteiger partial charge in [-0.25, -0.2) is 0 Å². The van der Waals surface area contributed by atoms with Gasteiger partial charge in [-0.1, -0.05) is 37.5 Å². The molecule has 24 heavy (non-hydrogen) atoms. The van der Waals surface area contributed by atoms with E-state index in [4.69, 9.17) is 0 Å². The third-order valence-corrected chi connectivity index (χ3v) is 3.69. The zero-order valence-corrected chi connectivity index (χ0v) is 14.6. The maximum Gasteiger partial charge on any atom is 0.416 e. The minimum absolute atomic E-state index is 0.213. The second kappa shape index (κ2) is 8.83. The predicted molar refractivity (Wildman–Crippen MR) is 95.2 cm³/mol. The van der Waals surface area contributed by atoms with Gasteiger partial charge in [-0.15, -0.1) is 0 Å². The number of aliphatic imine (C=N–C) groups is 1. The van der Waals surface area contributed by atoms with Crippen LogP contribution in [0.2, 0.25) is 0 Å². The summed E-state index contributed by atoms with van der Waals surface area (Å²) in [6.45, 7) is 14.0. The Morgan fingerprint density at radius 2 is 1.96 bits per heavy atom. The molecule has 0 unspecified atom stereocenters. The largest absolute Gasteiger partial charge is 0.416 e. The molecule has 132 valence electrons. The Balaban J connectivity index is 3.02. The molecule has 1 aliphatic heterocycles. The highest BCUT2D eigenvalue weighted by Crippen LogP contribution is 2.32. The van der Waals surface area contributed by atoms with Crippen LogP contribution in [0.3, 0.4) is 0 Å². The quantitative estimate of drug-likeness (QED) is 0.478. The van der Waals surface area contributed by atoms with E-state index < -0.39 is 11.7 Å². The molecule has 0 saturated heterocycles. The molecule has 1 aliphatic rings. The summed E-state index contributed by atoms with van der Waals surface area (Å²) in [5.74, 6) is 0. The summed E-state index contributed by atoms with van der Waals surface area (Å²) in [6, 6.07) is 0. The van der Waals surface area contributed by atoms with Crippen LogP contribution >= 0.6 is 0 Å². The highest BCUT2D eigenvalue weighted by atomic mass is 19.4. The first-order valence-corrected chi connectivity index (χ1v) is 7.87. The normalized spacial score (nSPS) is 17.8. The van der Waals surface area contributed by atoms with Gasteiger partial charge in [0.2, 0.25) is 0 Å². The van der Waals surface area contributed by atoms with Crippen LogP contribution in [0.15, 0.2) is 64.9 Å². The van der Waals surface area contributed by atoms with Crippen molar-refractivity contribution in [1.82, 2.24) is 4.90 Å². The molecular weight excluding hydrogens is 313 g/mol. The lowest BCUT2D eigenvalue weighted by Gasteiger charge is -2.30. The molecule has 0 bridgehead atoms. The number of hydrogen-bond acceptors (Lipinski definition) is 2. The van der Waals surface area contributed by atoms with Crippen molar-refractivity contribution in [2.45, 2.75) is 33.4 Å². The Kier molecular flexibility index (Phi) is 7.42. The zero-order chi connectivity index (χ0) is 18.3. The highest BCUT2D eigenvalue weighted by molar-refractivity contribution is 5.80. The molecule has 0 aromatic carbocycles. The molecule has 0 aromatic heterocycles. The maximum atomic E-state index is 13.2. The third kappa shape index (κ3) is 5.64. The van der Waals surface area contributed by atoms with Gasteiger partial charge in [0, 0.05) is 37.5 Å². The number of allylic oxidation sites excluding steroid dienone is 3. The minimum atomic E-state index is -4.37. The minimum Gasteiger partial charge on any atom is -0.294 e. The van der Waals surface area contributed by atoms with Crippen LogP contribution < -0.4 is 0 Å². The second-order valence-corrected chi connectivity index (χ2v) is 5.82. The van der Waals surface area contributed by atoms with Gasteiger partial charge < -0.3 is 0 Å². The highest BCUT2D eigenvalue weighted by Gasteiger charge is 2.35. The molecule has 0 amide bonds. The van der Waals surface area contributed by atoms with E-state index in [1.165, 1.54) is 19.1 Å². The van der Waals surface area contributed by atoms with E-state index in [-0.39, 0.29) is 12.1 Å². The fourth-order valence-electron chi connectivity index (χ4n) is 2.69. The molecule has 5 heteroatoms. The third-order valence-electron chi connectivity index (χ3n) is 3.69. The second-order valence-electron chi connectivity index (χ2n) is 5.82. The first-order chi connectivity index (χ1) is 11.2. The van der Waals surface area contributed by atoms with Crippen LogP contribution in [0.1, 0.15) is 27.2 Å². The summed E-state index contributed by atoms with van der Waals surface area (Å²) < 4.78 is 39.6. The summed E-state index contributed by atoms with van der Waals surface area (Å²) in [6.07, 6.45) is 2.01. The van der Waals surface area contributed by atoms with Crippen molar-refractivity contribution in [1.29, 1.82) is 0 Å². The van der Waals surface area contributed by atoms with E-state index in [9.17, 15) is 13.2 Å². The number of alkyl halides is 3. The molecule has 0 saturated carbocycles. The standard InChI is InChI=1S/C19H25F3N2/c1-6-9-16(17(8-3)19(20,21)22)13-24-11-10-18(23-14(4)5)15(7-2)12-24/h6-9H,1-2,10-13H2,3-5H3/b16-9-,17-8+. The van der Waals surface area contributed by atoms with Crippen LogP contribution in [-0.2, 0) is 0 Å². The van der Waals surface area contributed by atoms with Crippen molar-refractivity contribution in [3.63, 3.8) is 0 Å². The molecule has 0 spiro atoms. The summed E-state index contributed by atoms with van der Waals surface area (Å²) in [4.78, 5) is 6.48. The average molecular weight is 338 g/mol. The number of nitrogens with zero attached hydrogens (tertiary/aromatic N) is 2. The van der Waals surface area contributed by atoms with Crippen LogP contribution in [0.4, 0.5) is 13.2 Å². The molecular formula is C19H25F3N2. The van der Waals surface area contributed by atoms with Gasteiger partial charge in [0.1, 0.15) is 0 Å². The van der Waals surface area contributed by atoms with Crippen LogP contribution in [-0.4, -0.2) is 36.4 Å². The molecule has 0 aromatic rings. The molecule has 0 atom stereocenters. The Morgan fingerprint density at radius 1 is 1.29 bits per heavy atom. The maximum absolute atomic E-state index is 13.2. The van der Waals surface area contributed by atoms with E-state index in [1.807, 2.05) is 18.7 Å². The van der Waals surface area contributed by atoms with Gasteiger partial charge >= 0.3 is 6.18 Å². The molecule has 2 nitrogen and oxygen atoms in total. The van der Waals surface area contributed by atoms with Gasteiger partial charge in [0.15, 0.2) is 0 Å². The number of halogens is 3. The lowest BCUT2D eigenvalue weighted by atomic mass is 10.0. The van der Waals surface area contributed by atoms with E-state index in [2.05, 4.69) is 18.2 Å². The van der Waals surface area contributed by atoms with Gasteiger partial charge in [-0.3, -0.25) is 9.89 Å². The molecule has 0 N–H and O–H groups in total. The van der Waals surface area contributed by atoms with Crippen LogP contribution in [0.25, 0.3) is 0 Å². The fourth-order valence-corrected chi connectivity index (χ4v) is 2.69. The molecule has 0 aliphatic carbocycles. The van der Waals surface area contributed by atoms with Crippen molar-refractivity contribution < 1.29 is 13.2 Å². The van der Waals surface area contributed by atoms with Crippen molar-refractivity contribution >= 4 is 5.71 Å². The predicted octanol–water partition coefficient (Wildman–Crippen LogP) is 5.23. The van der Waals surface area contributed by atoms with Crippen molar-refractivity contribution in [3.05, 3.63) is 59.9 Å². The zero-order valence-electron chi connectivity index (χ0n) is 14.6. The van der Waals surface area contributed by atoms with Crippen molar-refractivity contribution in [2.75, 3.05) is 19.6 Å². The Hall–Kier alpha value is -1.88. The Morgan fingerprint density at radius 3 is 2.42 bits per heavy atom. The summed E-state index contributed by atoms with van der Waals surface area (Å²) in [5, 5.41) is 0. The van der Waals surface area contributed by atoms with E-state index in [0.29, 0.717) is 19.5 Å². The first kappa shape index (κ1) is 20.2. The van der Waals surface area contributed by atoms with Gasteiger partial charge in [0.25, 0.3) is 0 Å². The van der Waals surface area contributed by atoms with E-state index in [0.717, 1.165) is 23.1 Å². The van der Waals surface area contributed by atoms with E-state index >= 15 is 0 Å². The summed E-state index contributed by atoms with van der Waals surface area (Å²) >= 11 is 0. The van der Waals surface area contributed by atoms with Gasteiger partial charge in [-0.2, -0.15) is 13.2 Å². The molecule has 0 fully saturated rings. The van der Waals surface area contributed by atoms with Crippen LogP contribution in [0.5, 0.6) is 0 Å². The summed E-state index contributed by atoms with van der Waals surface area (Å²) in [7, 11) is 0. The monoisotopic (exact) mass is 338 g/mol. The van der Waals surface area contributed by atoms with Gasteiger partial charge in [-0.05, 0) is 31.9 Å². The first-order valence-electron chi connectivity index (χ1n) is 7.87. The average Bonchev–Trinajstić information content (AvgIpc) is 2.47. The number of rotatable bonds is 6. The lowest BCUT2D eigenvalue weighted by molar-refractivity contribution is -0.0898. The Bertz CT molecular complexity index is 601. The fraction of sp³-hybridized carbons (Fsp3) is 0.421. The van der Waals surface area contributed by atoms with E-state index in [1.54, 1.807) is 6.08 Å². The lowest BCUT2D eigenvalue weighted by Crippen LogP contribution is -2.34. The SMILES string of the molecule is C=C/C=C(CN1CCC(N=C(C)C)=C(C=C)C1)\C(=C/C)C(F)(F)F. The Labute approximate surface area is 142 Å². The molecule has 1 rings (SSSR count). The van der Waals surface area contributed by atoms with Gasteiger partial charge in [0.05, 0.1) is 5.57 Å². The van der Waals surface area contributed by atoms with Crippen LogP contribution in [0, 0.1) is 0 Å². The molecule has 1 heterocycles. The van der Waals surface area contributed by atoms with Crippen molar-refractivity contribution in [2.24, 2.45) is 4.99 Å². The summed E-state index contributed by atoms with van der Waals surface area (Å²) in [5.41, 5.74) is 2.51. The smallest absolute Gasteiger partial charge is 0.294 e. The number of hydrogen-bond donors (Lipinski definition) is 0. The molecule has 0 radical (unpaired) electrons. The van der Waals surface area contributed by atoms with Crippen molar-refractivity contribution in [3.8, 4) is 0 Å².